The molecule has 0 bridgehead atoms. The quantitative estimate of drug-likeness (QED) is 0.695. The van der Waals surface area contributed by atoms with Gasteiger partial charge in [-0.05, 0) is 17.7 Å². The van der Waals surface area contributed by atoms with E-state index in [-0.39, 0.29) is 24.8 Å². The van der Waals surface area contributed by atoms with Crippen molar-refractivity contribution in [2.45, 2.75) is 25.1 Å². The number of benzene rings is 2. The molecule has 1 fully saturated rings. The van der Waals surface area contributed by atoms with Crippen molar-refractivity contribution >= 4 is 11.8 Å². The molecule has 4 rings (SSSR count). The summed E-state index contributed by atoms with van der Waals surface area (Å²) in [4.78, 5) is 30.8. The lowest BCUT2D eigenvalue weighted by atomic mass is 10.1. The first-order valence-electron chi connectivity index (χ1n) is 9.41. The van der Waals surface area contributed by atoms with Gasteiger partial charge in [-0.3, -0.25) is 9.59 Å². The van der Waals surface area contributed by atoms with E-state index in [0.717, 1.165) is 11.1 Å². The number of likely N-dealkylation sites (tertiary alicyclic amines) is 1. The van der Waals surface area contributed by atoms with Crippen LogP contribution in [0.4, 0.5) is 0 Å². The molecule has 1 aliphatic rings. The fourth-order valence-corrected chi connectivity index (χ4v) is 3.49. The smallest absolute Gasteiger partial charge is 0.254 e. The Hall–Kier alpha value is -3.45. The van der Waals surface area contributed by atoms with E-state index in [1.54, 1.807) is 30.5 Å². The minimum atomic E-state index is -0.709. The normalized spacial score (nSPS) is 18.6. The first kappa shape index (κ1) is 18.9. The molecule has 148 valence electrons. The number of aliphatic hydroxyl groups is 1. The van der Waals surface area contributed by atoms with Crippen molar-refractivity contribution in [3.8, 4) is 11.3 Å². The maximum Gasteiger partial charge on any atom is 0.254 e. The van der Waals surface area contributed by atoms with Gasteiger partial charge in [-0.1, -0.05) is 42.5 Å². The Balaban J connectivity index is 1.40. The first-order chi connectivity index (χ1) is 14.1. The highest BCUT2D eigenvalue weighted by atomic mass is 16.3. The fourth-order valence-electron chi connectivity index (χ4n) is 3.49. The number of carbonyl (C=O) groups excluding carboxylic acids is 2. The number of carbonyl (C=O) groups is 2. The maximum atomic E-state index is 12.8. The lowest BCUT2D eigenvalue weighted by Crippen LogP contribution is -2.45. The maximum absolute atomic E-state index is 12.8. The van der Waals surface area contributed by atoms with Crippen LogP contribution < -0.4 is 5.32 Å². The van der Waals surface area contributed by atoms with Crippen molar-refractivity contribution in [1.29, 1.82) is 0 Å². The number of β-amino-alcohol motifs (C(OH)–C–C–N with tert-alkyl or cyclic N) is 1. The second-order valence-corrected chi connectivity index (χ2v) is 7.01. The monoisotopic (exact) mass is 391 g/mol. The van der Waals surface area contributed by atoms with Gasteiger partial charge in [0, 0.05) is 30.6 Å². The number of hydrogen-bond acceptors (Lipinski definition) is 5. The van der Waals surface area contributed by atoms with Crippen molar-refractivity contribution in [3.63, 3.8) is 0 Å². The molecular formula is C22H21N3O4. The molecule has 3 aromatic rings. The molecule has 2 heterocycles. The number of aromatic nitrogens is 1. The molecule has 1 aromatic heterocycles. The molecule has 2 atom stereocenters. The molecule has 0 radical (unpaired) electrons. The van der Waals surface area contributed by atoms with Gasteiger partial charge in [0.2, 0.25) is 5.91 Å². The number of nitrogens with zero attached hydrogens (tertiary/aromatic N) is 2. The number of amides is 2. The van der Waals surface area contributed by atoms with Gasteiger partial charge < -0.3 is 19.7 Å². The minimum Gasteiger partial charge on any atom is -0.444 e. The van der Waals surface area contributed by atoms with E-state index < -0.39 is 12.1 Å². The van der Waals surface area contributed by atoms with Crippen molar-refractivity contribution < 1.29 is 19.1 Å². The van der Waals surface area contributed by atoms with E-state index in [4.69, 9.17) is 4.42 Å². The summed E-state index contributed by atoms with van der Waals surface area (Å²) in [6.45, 7) is 0.479. The topological polar surface area (TPSA) is 95.7 Å². The van der Waals surface area contributed by atoms with Crippen LogP contribution in [0.25, 0.3) is 11.3 Å². The fraction of sp³-hybridized carbons (Fsp3) is 0.227. The summed E-state index contributed by atoms with van der Waals surface area (Å²) in [6.07, 6.45) is 2.54. The molecule has 1 aliphatic heterocycles. The lowest BCUT2D eigenvalue weighted by Gasteiger charge is -2.23. The van der Waals surface area contributed by atoms with Gasteiger partial charge in [-0.25, -0.2) is 4.98 Å². The van der Waals surface area contributed by atoms with Crippen LogP contribution in [-0.2, 0) is 11.3 Å². The van der Waals surface area contributed by atoms with Crippen molar-refractivity contribution in [2.24, 2.45) is 0 Å². The highest BCUT2D eigenvalue weighted by molar-refractivity contribution is 5.98. The molecule has 0 aliphatic carbocycles. The Bertz CT molecular complexity index is 971. The van der Waals surface area contributed by atoms with E-state index in [9.17, 15) is 14.7 Å². The Kier molecular flexibility index (Phi) is 5.39. The number of aliphatic hydroxyl groups excluding tert-OH is 1. The molecule has 2 N–H and O–H groups in total. The minimum absolute atomic E-state index is 0.150. The van der Waals surface area contributed by atoms with Gasteiger partial charge in [0.05, 0.1) is 12.3 Å². The zero-order chi connectivity index (χ0) is 20.2. The highest BCUT2D eigenvalue weighted by Crippen LogP contribution is 2.22. The summed E-state index contributed by atoms with van der Waals surface area (Å²) < 4.78 is 5.26. The Morgan fingerprint density at radius 2 is 1.90 bits per heavy atom. The summed E-state index contributed by atoms with van der Waals surface area (Å²) in [7, 11) is 0. The first-order valence-corrected chi connectivity index (χ1v) is 9.41. The van der Waals surface area contributed by atoms with Crippen LogP contribution in [0.2, 0.25) is 0 Å². The Labute approximate surface area is 168 Å². The molecule has 2 aromatic carbocycles. The number of hydrogen-bond donors (Lipinski definition) is 2. The zero-order valence-corrected chi connectivity index (χ0v) is 15.7. The van der Waals surface area contributed by atoms with Crippen LogP contribution in [0.3, 0.4) is 0 Å². The second kappa shape index (κ2) is 8.28. The summed E-state index contributed by atoms with van der Waals surface area (Å²) in [5.74, 6) is 0.152. The molecule has 7 nitrogen and oxygen atoms in total. The summed E-state index contributed by atoms with van der Waals surface area (Å²) in [5, 5.41) is 12.9. The Morgan fingerprint density at radius 1 is 1.14 bits per heavy atom. The SMILES string of the molecule is O=C(NCc1ccc(-c2cnco2)cc1)[C@@H]1C[C@@H](O)CN1C(=O)c1ccccc1. The van der Waals surface area contributed by atoms with Crippen LogP contribution in [0.15, 0.2) is 71.6 Å². The second-order valence-electron chi connectivity index (χ2n) is 7.01. The average molecular weight is 391 g/mol. The van der Waals surface area contributed by atoms with Crippen LogP contribution in [-0.4, -0.2) is 45.5 Å². The third-order valence-electron chi connectivity index (χ3n) is 5.00. The standard InChI is InChI=1S/C22H21N3O4/c26-18-10-19(25(13-18)22(28)17-4-2-1-3-5-17)21(27)24-11-15-6-8-16(9-7-15)20-12-23-14-29-20/h1-9,12,14,18-19,26H,10-11,13H2,(H,24,27)/t18-,19+/m1/s1. The third-order valence-corrected chi connectivity index (χ3v) is 5.00. The number of oxazole rings is 1. The van der Waals surface area contributed by atoms with E-state index in [0.29, 0.717) is 17.9 Å². The highest BCUT2D eigenvalue weighted by Gasteiger charge is 2.39. The van der Waals surface area contributed by atoms with E-state index in [1.165, 1.54) is 11.3 Å². The molecular weight excluding hydrogens is 370 g/mol. The Morgan fingerprint density at radius 3 is 2.59 bits per heavy atom. The molecule has 0 saturated carbocycles. The van der Waals surface area contributed by atoms with E-state index >= 15 is 0 Å². The zero-order valence-electron chi connectivity index (χ0n) is 15.7. The van der Waals surface area contributed by atoms with Gasteiger partial charge in [-0.15, -0.1) is 0 Å². The van der Waals surface area contributed by atoms with E-state index in [2.05, 4.69) is 10.3 Å². The van der Waals surface area contributed by atoms with Gasteiger partial charge in [0.1, 0.15) is 6.04 Å². The van der Waals surface area contributed by atoms with Gasteiger partial charge in [0.15, 0.2) is 12.2 Å². The van der Waals surface area contributed by atoms with Gasteiger partial charge in [-0.2, -0.15) is 0 Å². The summed E-state index contributed by atoms with van der Waals surface area (Å²) in [5.41, 5.74) is 2.32. The molecule has 1 saturated heterocycles. The van der Waals surface area contributed by atoms with E-state index in [1.807, 2.05) is 30.3 Å². The van der Waals surface area contributed by atoms with Crippen LogP contribution >= 0.6 is 0 Å². The molecule has 0 spiro atoms. The van der Waals surface area contributed by atoms with Crippen molar-refractivity contribution in [2.75, 3.05) is 6.54 Å². The average Bonchev–Trinajstić information content (AvgIpc) is 3.42. The predicted octanol–water partition coefficient (Wildman–Crippen LogP) is 2.23. The summed E-state index contributed by atoms with van der Waals surface area (Å²) >= 11 is 0. The molecule has 7 heteroatoms. The van der Waals surface area contributed by atoms with Gasteiger partial charge in [0.25, 0.3) is 5.91 Å². The predicted molar refractivity (Wildman–Crippen MR) is 106 cm³/mol. The molecule has 29 heavy (non-hydrogen) atoms. The largest absolute Gasteiger partial charge is 0.444 e. The van der Waals surface area contributed by atoms with Crippen molar-refractivity contribution in [1.82, 2.24) is 15.2 Å². The van der Waals surface area contributed by atoms with Crippen LogP contribution in [0.1, 0.15) is 22.3 Å². The van der Waals surface area contributed by atoms with Gasteiger partial charge >= 0.3 is 0 Å². The number of nitrogens with one attached hydrogen (secondary N) is 1. The third kappa shape index (κ3) is 4.20. The van der Waals surface area contributed by atoms with Crippen molar-refractivity contribution in [3.05, 3.63) is 78.3 Å². The van der Waals surface area contributed by atoms with Crippen LogP contribution in [0.5, 0.6) is 0 Å². The summed E-state index contributed by atoms with van der Waals surface area (Å²) in [6, 6.07) is 15.7. The molecule has 2 amide bonds. The molecule has 0 unspecified atom stereocenters. The lowest BCUT2D eigenvalue weighted by molar-refractivity contribution is -0.125. The number of rotatable bonds is 5. The van der Waals surface area contributed by atoms with Crippen LogP contribution in [0, 0.1) is 0 Å².